The highest BCUT2D eigenvalue weighted by Gasteiger charge is 2.13. The van der Waals surface area contributed by atoms with Crippen molar-refractivity contribution < 1.29 is 4.79 Å². The van der Waals surface area contributed by atoms with E-state index in [-0.39, 0.29) is 5.91 Å². The maximum absolute atomic E-state index is 12.5. The first-order chi connectivity index (χ1) is 13.0. The molecule has 4 rings (SSSR count). The van der Waals surface area contributed by atoms with Crippen LogP contribution in [0.4, 0.5) is 5.69 Å². The molecule has 0 aliphatic rings. The van der Waals surface area contributed by atoms with Crippen LogP contribution in [0, 0.1) is 20.8 Å². The number of nitrogens with one attached hydrogen (secondary N) is 1. The van der Waals surface area contributed by atoms with Crippen LogP contribution in [0.2, 0.25) is 0 Å². The molecule has 0 unspecified atom stereocenters. The molecule has 0 saturated carbocycles. The number of rotatable bonds is 4. The minimum Gasteiger partial charge on any atom is -0.326 e. The number of aryl methyl sites for hydroxylation is 3. The van der Waals surface area contributed by atoms with Crippen LogP contribution in [0.25, 0.3) is 16.2 Å². The van der Waals surface area contributed by atoms with Crippen LogP contribution >= 0.6 is 11.3 Å². The van der Waals surface area contributed by atoms with Gasteiger partial charge in [0.2, 0.25) is 5.91 Å². The van der Waals surface area contributed by atoms with Gasteiger partial charge in [0.15, 0.2) is 4.96 Å². The summed E-state index contributed by atoms with van der Waals surface area (Å²) in [6.07, 6.45) is 2.33. The summed E-state index contributed by atoms with van der Waals surface area (Å²) < 4.78 is 2.01. The summed E-state index contributed by atoms with van der Waals surface area (Å²) in [4.78, 5) is 18.1. The van der Waals surface area contributed by atoms with Crippen LogP contribution in [-0.4, -0.2) is 15.3 Å². The Bertz CT molecular complexity index is 1120. The van der Waals surface area contributed by atoms with E-state index in [0.29, 0.717) is 6.42 Å². The zero-order valence-corrected chi connectivity index (χ0v) is 16.4. The molecule has 0 radical (unpaired) electrons. The summed E-state index contributed by atoms with van der Waals surface area (Å²) >= 11 is 1.56. The molecule has 4 nitrogen and oxygen atoms in total. The largest absolute Gasteiger partial charge is 0.326 e. The second-order valence-electron chi connectivity index (χ2n) is 6.90. The van der Waals surface area contributed by atoms with Crippen molar-refractivity contribution >= 4 is 27.9 Å². The van der Waals surface area contributed by atoms with Gasteiger partial charge in [-0.05, 0) is 44.0 Å². The van der Waals surface area contributed by atoms with E-state index in [0.717, 1.165) is 27.6 Å². The normalized spacial score (nSPS) is 11.1. The monoisotopic (exact) mass is 375 g/mol. The number of aromatic nitrogens is 2. The minimum absolute atomic E-state index is 0.0245. The van der Waals surface area contributed by atoms with Gasteiger partial charge in [0.05, 0.1) is 12.1 Å². The van der Waals surface area contributed by atoms with Crippen molar-refractivity contribution in [2.45, 2.75) is 27.2 Å². The standard InChI is InChI=1S/C22H21N3OS/c1-14-4-7-17(8-5-14)20-12-25-19(13-27-22(25)24-20)11-21(26)23-18-9-6-15(2)16(3)10-18/h4-10,12-13H,11H2,1-3H3,(H,23,26). The fourth-order valence-corrected chi connectivity index (χ4v) is 3.88. The third kappa shape index (κ3) is 3.64. The molecule has 1 amide bonds. The molecule has 0 bridgehead atoms. The van der Waals surface area contributed by atoms with E-state index in [4.69, 9.17) is 4.98 Å². The predicted octanol–water partition coefficient (Wildman–Crippen LogP) is 5.17. The Hall–Kier alpha value is -2.92. The van der Waals surface area contributed by atoms with Gasteiger partial charge in [-0.2, -0.15) is 0 Å². The SMILES string of the molecule is Cc1ccc(-c2cn3c(CC(=O)Nc4ccc(C)c(C)c4)csc3n2)cc1. The molecule has 5 heteroatoms. The van der Waals surface area contributed by atoms with Gasteiger partial charge in [-0.1, -0.05) is 35.9 Å². The predicted molar refractivity (Wildman–Crippen MR) is 111 cm³/mol. The summed E-state index contributed by atoms with van der Waals surface area (Å²) in [7, 11) is 0. The van der Waals surface area contributed by atoms with Crippen molar-refractivity contribution in [3.05, 3.63) is 76.4 Å². The maximum Gasteiger partial charge on any atom is 0.230 e. The molecule has 2 heterocycles. The van der Waals surface area contributed by atoms with Crippen molar-refractivity contribution in [2.75, 3.05) is 5.32 Å². The number of fused-ring (bicyclic) bond motifs is 1. The van der Waals surface area contributed by atoms with E-state index in [1.165, 1.54) is 16.7 Å². The Morgan fingerprint density at radius 2 is 1.85 bits per heavy atom. The third-order valence-electron chi connectivity index (χ3n) is 4.76. The highest BCUT2D eigenvalue weighted by Crippen LogP contribution is 2.24. The lowest BCUT2D eigenvalue weighted by atomic mass is 10.1. The van der Waals surface area contributed by atoms with Crippen molar-refractivity contribution in [2.24, 2.45) is 0 Å². The van der Waals surface area contributed by atoms with E-state index < -0.39 is 0 Å². The number of nitrogens with zero attached hydrogens (tertiary/aromatic N) is 2. The second kappa shape index (κ2) is 7.00. The maximum atomic E-state index is 12.5. The number of carbonyl (C=O) groups is 1. The smallest absolute Gasteiger partial charge is 0.230 e. The average molecular weight is 375 g/mol. The summed E-state index contributed by atoms with van der Waals surface area (Å²) in [5, 5.41) is 4.99. The lowest BCUT2D eigenvalue weighted by Crippen LogP contribution is -2.15. The fraction of sp³-hybridized carbons (Fsp3) is 0.182. The van der Waals surface area contributed by atoms with Gasteiger partial charge in [0.25, 0.3) is 0 Å². The molecule has 0 aliphatic heterocycles. The van der Waals surface area contributed by atoms with E-state index in [1.54, 1.807) is 11.3 Å². The molecule has 0 fully saturated rings. The van der Waals surface area contributed by atoms with E-state index in [2.05, 4.69) is 43.4 Å². The second-order valence-corrected chi connectivity index (χ2v) is 7.73. The van der Waals surface area contributed by atoms with E-state index in [1.807, 2.05) is 41.1 Å². The first kappa shape index (κ1) is 17.5. The molecule has 27 heavy (non-hydrogen) atoms. The number of hydrogen-bond acceptors (Lipinski definition) is 3. The lowest BCUT2D eigenvalue weighted by molar-refractivity contribution is -0.115. The molecule has 0 atom stereocenters. The summed E-state index contributed by atoms with van der Waals surface area (Å²) in [5.41, 5.74) is 7.41. The van der Waals surface area contributed by atoms with Crippen LogP contribution in [0.1, 0.15) is 22.4 Å². The molecule has 0 spiro atoms. The average Bonchev–Trinajstić information content (AvgIpc) is 3.21. The van der Waals surface area contributed by atoms with Gasteiger partial charge in [-0.25, -0.2) is 4.98 Å². The van der Waals surface area contributed by atoms with Crippen LogP contribution < -0.4 is 5.32 Å². The van der Waals surface area contributed by atoms with Crippen LogP contribution in [0.15, 0.2) is 54.0 Å². The Kier molecular flexibility index (Phi) is 4.54. The van der Waals surface area contributed by atoms with Gasteiger partial charge in [-0.3, -0.25) is 9.20 Å². The third-order valence-corrected chi connectivity index (χ3v) is 5.65. The highest BCUT2D eigenvalue weighted by molar-refractivity contribution is 7.15. The van der Waals surface area contributed by atoms with Gasteiger partial charge in [0, 0.05) is 28.5 Å². The van der Waals surface area contributed by atoms with Gasteiger partial charge in [-0.15, -0.1) is 11.3 Å². The Morgan fingerprint density at radius 3 is 2.59 bits per heavy atom. The lowest BCUT2D eigenvalue weighted by Gasteiger charge is -2.07. The zero-order valence-electron chi connectivity index (χ0n) is 15.6. The topological polar surface area (TPSA) is 46.4 Å². The first-order valence-corrected chi connectivity index (χ1v) is 9.77. The highest BCUT2D eigenvalue weighted by atomic mass is 32.1. The minimum atomic E-state index is -0.0245. The van der Waals surface area contributed by atoms with E-state index >= 15 is 0 Å². The molecule has 0 saturated heterocycles. The van der Waals surface area contributed by atoms with Crippen molar-refractivity contribution in [3.8, 4) is 11.3 Å². The Morgan fingerprint density at radius 1 is 1.07 bits per heavy atom. The molecular weight excluding hydrogens is 354 g/mol. The zero-order chi connectivity index (χ0) is 19.0. The summed E-state index contributed by atoms with van der Waals surface area (Å²) in [6, 6.07) is 14.3. The number of amides is 1. The van der Waals surface area contributed by atoms with Gasteiger partial charge >= 0.3 is 0 Å². The number of carbonyl (C=O) groups excluding carboxylic acids is 1. The number of imidazole rings is 1. The molecular formula is C22H21N3OS. The van der Waals surface area contributed by atoms with Crippen LogP contribution in [0.3, 0.4) is 0 Å². The number of thiazole rings is 1. The van der Waals surface area contributed by atoms with Crippen molar-refractivity contribution in [3.63, 3.8) is 0 Å². The summed E-state index contributed by atoms with van der Waals surface area (Å²) in [6.45, 7) is 6.18. The van der Waals surface area contributed by atoms with E-state index in [9.17, 15) is 4.79 Å². The fourth-order valence-electron chi connectivity index (χ4n) is 3.01. The number of hydrogen-bond donors (Lipinski definition) is 1. The molecule has 0 aliphatic carbocycles. The Balaban J connectivity index is 1.54. The van der Waals surface area contributed by atoms with Crippen molar-refractivity contribution in [1.29, 1.82) is 0 Å². The van der Waals surface area contributed by atoms with Crippen molar-refractivity contribution in [1.82, 2.24) is 9.38 Å². The molecule has 2 aromatic carbocycles. The number of benzene rings is 2. The quantitative estimate of drug-likeness (QED) is 0.535. The van der Waals surface area contributed by atoms with Gasteiger partial charge in [0.1, 0.15) is 0 Å². The van der Waals surface area contributed by atoms with Crippen LogP contribution in [-0.2, 0) is 11.2 Å². The molecule has 1 N–H and O–H groups in total. The first-order valence-electron chi connectivity index (χ1n) is 8.89. The molecule has 136 valence electrons. The molecule has 2 aromatic heterocycles. The number of anilines is 1. The summed E-state index contributed by atoms with van der Waals surface area (Å²) in [5.74, 6) is -0.0245. The van der Waals surface area contributed by atoms with Gasteiger partial charge < -0.3 is 5.32 Å². The molecule has 4 aromatic rings. The Labute approximate surface area is 162 Å². The van der Waals surface area contributed by atoms with Crippen LogP contribution in [0.5, 0.6) is 0 Å².